The van der Waals surface area contributed by atoms with Gasteiger partial charge >= 0.3 is 0 Å². The summed E-state index contributed by atoms with van der Waals surface area (Å²) in [4.78, 5) is 6.55. The minimum Gasteiger partial charge on any atom is -0.384 e. The number of likely N-dealkylation sites (N-methyl/N-ethyl adjacent to an activating group) is 1. The summed E-state index contributed by atoms with van der Waals surface area (Å²) in [5.74, 6) is 0. The van der Waals surface area contributed by atoms with Crippen LogP contribution in [0.15, 0.2) is 35.7 Å². The smallest absolute Gasteiger partial charge is 0.0994 e. The molecule has 2 rings (SSSR count). The van der Waals surface area contributed by atoms with Crippen LogP contribution in [0.25, 0.3) is 0 Å². The Labute approximate surface area is 118 Å². The average Bonchev–Trinajstić information content (AvgIpc) is 2.75. The van der Waals surface area contributed by atoms with E-state index in [4.69, 9.17) is 0 Å². The predicted octanol–water partition coefficient (Wildman–Crippen LogP) is 2.79. The van der Waals surface area contributed by atoms with E-state index in [0.717, 1.165) is 22.8 Å². The molecule has 0 fully saturated rings. The van der Waals surface area contributed by atoms with Gasteiger partial charge in [0, 0.05) is 18.5 Å². The Hall–Kier alpha value is -1.23. The molecule has 0 bridgehead atoms. The Bertz CT molecular complexity index is 522. The molecule has 2 aromatic rings. The summed E-state index contributed by atoms with van der Waals surface area (Å²) >= 11 is 1.66. The molecule has 1 aromatic heterocycles. The van der Waals surface area contributed by atoms with Crippen LogP contribution in [0.3, 0.4) is 0 Å². The zero-order chi connectivity index (χ0) is 13.9. The van der Waals surface area contributed by atoms with Crippen molar-refractivity contribution in [1.29, 1.82) is 0 Å². The van der Waals surface area contributed by atoms with Crippen molar-refractivity contribution in [2.45, 2.75) is 26.0 Å². The van der Waals surface area contributed by atoms with Crippen molar-refractivity contribution in [2.75, 3.05) is 13.6 Å². The zero-order valence-electron chi connectivity index (χ0n) is 11.6. The number of hydrogen-bond donors (Lipinski definition) is 1. The van der Waals surface area contributed by atoms with Crippen LogP contribution in [0, 0.1) is 6.92 Å². The van der Waals surface area contributed by atoms with Gasteiger partial charge in [-0.15, -0.1) is 11.3 Å². The largest absolute Gasteiger partial charge is 0.384 e. The van der Waals surface area contributed by atoms with E-state index in [-0.39, 0.29) is 0 Å². The van der Waals surface area contributed by atoms with E-state index in [1.807, 2.05) is 51.2 Å². The van der Waals surface area contributed by atoms with Gasteiger partial charge < -0.3 is 5.11 Å². The summed E-state index contributed by atoms with van der Waals surface area (Å²) in [6.07, 6.45) is 0. The highest BCUT2D eigenvalue weighted by Crippen LogP contribution is 2.22. The maximum atomic E-state index is 10.6. The van der Waals surface area contributed by atoms with Crippen molar-refractivity contribution in [2.24, 2.45) is 0 Å². The highest BCUT2D eigenvalue weighted by Gasteiger charge is 2.24. The van der Waals surface area contributed by atoms with Crippen LogP contribution >= 0.6 is 11.3 Å². The highest BCUT2D eigenvalue weighted by atomic mass is 32.1. The van der Waals surface area contributed by atoms with Gasteiger partial charge in [-0.25, -0.2) is 4.98 Å². The third kappa shape index (κ3) is 3.86. The second-order valence-electron chi connectivity index (χ2n) is 5.17. The van der Waals surface area contributed by atoms with Crippen molar-refractivity contribution in [3.8, 4) is 0 Å². The summed E-state index contributed by atoms with van der Waals surface area (Å²) in [6.45, 7) is 5.19. The SMILES string of the molecule is Cc1nc(CN(C)CC(C)(O)c2ccccc2)cs1. The van der Waals surface area contributed by atoms with Crippen LogP contribution < -0.4 is 0 Å². The summed E-state index contributed by atoms with van der Waals surface area (Å²) in [5, 5.41) is 13.7. The van der Waals surface area contributed by atoms with E-state index < -0.39 is 5.60 Å². The van der Waals surface area contributed by atoms with Crippen molar-refractivity contribution in [1.82, 2.24) is 9.88 Å². The molecule has 0 radical (unpaired) electrons. The molecule has 1 aromatic carbocycles. The maximum Gasteiger partial charge on any atom is 0.0994 e. The van der Waals surface area contributed by atoms with E-state index in [1.165, 1.54) is 0 Å². The van der Waals surface area contributed by atoms with Gasteiger partial charge in [0.25, 0.3) is 0 Å². The molecule has 1 heterocycles. The van der Waals surface area contributed by atoms with Crippen molar-refractivity contribution >= 4 is 11.3 Å². The van der Waals surface area contributed by atoms with E-state index in [9.17, 15) is 5.11 Å². The highest BCUT2D eigenvalue weighted by molar-refractivity contribution is 7.09. The molecule has 0 saturated heterocycles. The van der Waals surface area contributed by atoms with Gasteiger partial charge in [0.05, 0.1) is 16.3 Å². The summed E-state index contributed by atoms with van der Waals surface area (Å²) in [5.41, 5.74) is 1.16. The van der Waals surface area contributed by atoms with Gasteiger partial charge in [-0.05, 0) is 26.5 Å². The average molecular weight is 276 g/mol. The van der Waals surface area contributed by atoms with E-state index in [0.29, 0.717) is 6.54 Å². The van der Waals surface area contributed by atoms with Gasteiger partial charge in [0.1, 0.15) is 0 Å². The van der Waals surface area contributed by atoms with Crippen LogP contribution in [0.2, 0.25) is 0 Å². The number of aromatic nitrogens is 1. The van der Waals surface area contributed by atoms with E-state index in [2.05, 4.69) is 15.3 Å². The first-order chi connectivity index (χ1) is 8.97. The number of aryl methyl sites for hydroxylation is 1. The molecule has 0 aliphatic carbocycles. The molecule has 102 valence electrons. The normalized spacial score (nSPS) is 14.6. The molecule has 1 unspecified atom stereocenters. The molecule has 0 aliphatic rings. The minimum absolute atomic E-state index is 0.577. The lowest BCUT2D eigenvalue weighted by molar-refractivity contribution is 0.0211. The van der Waals surface area contributed by atoms with Crippen LogP contribution in [-0.4, -0.2) is 28.6 Å². The lowest BCUT2D eigenvalue weighted by Gasteiger charge is -2.29. The predicted molar refractivity (Wildman–Crippen MR) is 79.2 cm³/mol. The summed E-state index contributed by atoms with van der Waals surface area (Å²) in [7, 11) is 2.01. The fourth-order valence-electron chi connectivity index (χ4n) is 2.23. The molecular formula is C15H20N2OS. The molecule has 4 heteroatoms. The number of rotatable bonds is 5. The molecule has 0 saturated carbocycles. The van der Waals surface area contributed by atoms with Gasteiger partial charge in [-0.1, -0.05) is 30.3 Å². The number of aliphatic hydroxyl groups is 1. The lowest BCUT2D eigenvalue weighted by atomic mass is 9.95. The Morgan fingerprint density at radius 3 is 2.58 bits per heavy atom. The second-order valence-corrected chi connectivity index (χ2v) is 6.23. The second kappa shape index (κ2) is 5.82. The Morgan fingerprint density at radius 1 is 1.32 bits per heavy atom. The summed E-state index contributed by atoms with van der Waals surface area (Å²) in [6, 6.07) is 9.78. The van der Waals surface area contributed by atoms with E-state index >= 15 is 0 Å². The molecule has 0 amide bonds. The summed E-state index contributed by atoms with van der Waals surface area (Å²) < 4.78 is 0. The van der Waals surface area contributed by atoms with Gasteiger partial charge in [0.2, 0.25) is 0 Å². The van der Waals surface area contributed by atoms with Crippen molar-refractivity contribution in [3.63, 3.8) is 0 Å². The molecule has 0 aliphatic heterocycles. The first kappa shape index (κ1) is 14.2. The fraction of sp³-hybridized carbons (Fsp3) is 0.400. The zero-order valence-corrected chi connectivity index (χ0v) is 12.4. The molecule has 19 heavy (non-hydrogen) atoms. The standard InChI is InChI=1S/C15H20N2OS/c1-12-16-14(10-19-12)9-17(3)11-15(2,18)13-7-5-4-6-8-13/h4-8,10,18H,9,11H2,1-3H3. The third-order valence-corrected chi connectivity index (χ3v) is 3.89. The van der Waals surface area contributed by atoms with Gasteiger partial charge in [-0.2, -0.15) is 0 Å². The number of benzene rings is 1. The van der Waals surface area contributed by atoms with E-state index in [1.54, 1.807) is 11.3 Å². The number of nitrogens with zero attached hydrogens (tertiary/aromatic N) is 2. The molecule has 1 atom stereocenters. The third-order valence-electron chi connectivity index (χ3n) is 3.07. The minimum atomic E-state index is -0.846. The first-order valence-corrected chi connectivity index (χ1v) is 7.23. The molecule has 0 spiro atoms. The van der Waals surface area contributed by atoms with Crippen LogP contribution in [-0.2, 0) is 12.1 Å². The number of hydrogen-bond acceptors (Lipinski definition) is 4. The molecule has 3 nitrogen and oxygen atoms in total. The van der Waals surface area contributed by atoms with Gasteiger partial charge in [0.15, 0.2) is 0 Å². The quantitative estimate of drug-likeness (QED) is 0.912. The number of thiazole rings is 1. The monoisotopic (exact) mass is 276 g/mol. The van der Waals surface area contributed by atoms with Crippen LogP contribution in [0.1, 0.15) is 23.2 Å². The first-order valence-electron chi connectivity index (χ1n) is 6.35. The van der Waals surface area contributed by atoms with Gasteiger partial charge in [-0.3, -0.25) is 4.90 Å². The topological polar surface area (TPSA) is 36.4 Å². The Morgan fingerprint density at radius 2 is 2.00 bits per heavy atom. The van der Waals surface area contributed by atoms with Crippen LogP contribution in [0.5, 0.6) is 0 Å². The Kier molecular flexibility index (Phi) is 4.34. The molecular weight excluding hydrogens is 256 g/mol. The van der Waals surface area contributed by atoms with Crippen molar-refractivity contribution < 1.29 is 5.11 Å². The molecule has 1 N–H and O–H groups in total. The van der Waals surface area contributed by atoms with Crippen molar-refractivity contribution in [3.05, 3.63) is 52.0 Å². The maximum absolute atomic E-state index is 10.6. The van der Waals surface area contributed by atoms with Crippen LogP contribution in [0.4, 0.5) is 0 Å². The lowest BCUT2D eigenvalue weighted by Crippen LogP contribution is -2.36. The Balaban J connectivity index is 2.00. The fourth-order valence-corrected chi connectivity index (χ4v) is 2.83.